The van der Waals surface area contributed by atoms with E-state index in [0.717, 1.165) is 11.1 Å². The molecule has 1 heterocycles. The van der Waals surface area contributed by atoms with Gasteiger partial charge < -0.3 is 10.1 Å². The summed E-state index contributed by atoms with van der Waals surface area (Å²) in [7, 11) is 1.35. The number of carbonyl (C=O) groups is 1. The molecule has 5 rings (SSSR count). The number of nitrogens with one attached hydrogen (secondary N) is 1. The summed E-state index contributed by atoms with van der Waals surface area (Å²) in [5, 5.41) is 15.8. The molecular weight excluding hydrogens is 543 g/mol. The third-order valence-electron chi connectivity index (χ3n) is 6.89. The number of alkyl halides is 1. The molecule has 2 aliphatic rings. The van der Waals surface area contributed by atoms with Crippen molar-refractivity contribution < 1.29 is 14.5 Å². The van der Waals surface area contributed by atoms with Gasteiger partial charge in [-0.05, 0) is 47.7 Å². The van der Waals surface area contributed by atoms with Gasteiger partial charge in [-0.3, -0.25) is 10.1 Å². The maximum Gasteiger partial charge on any atom is 0.339 e. The molecule has 1 aliphatic carbocycles. The molecule has 6 nitrogen and oxygen atoms in total. The van der Waals surface area contributed by atoms with Crippen LogP contribution in [0.1, 0.15) is 39.9 Å². The van der Waals surface area contributed by atoms with Crippen molar-refractivity contribution >= 4 is 63.9 Å². The number of rotatable bonds is 5. The Morgan fingerprint density at radius 1 is 1.11 bits per heavy atom. The fourth-order valence-electron chi connectivity index (χ4n) is 5.36. The predicted molar refractivity (Wildman–Crippen MR) is 144 cm³/mol. The van der Waals surface area contributed by atoms with Crippen LogP contribution in [0.25, 0.3) is 0 Å². The summed E-state index contributed by atoms with van der Waals surface area (Å²) in [5.41, 5.74) is 2.92. The molecule has 1 aliphatic heterocycles. The number of para-hydroxylation sites is 2. The highest BCUT2D eigenvalue weighted by molar-refractivity contribution is 8.00. The first kappa shape index (κ1) is 25.2. The number of halogens is 3. The fraction of sp³-hybridized carbons (Fsp3) is 0.269. The van der Waals surface area contributed by atoms with Gasteiger partial charge in [0, 0.05) is 27.3 Å². The fourth-order valence-corrected chi connectivity index (χ4v) is 7.83. The van der Waals surface area contributed by atoms with Crippen molar-refractivity contribution in [2.24, 2.45) is 5.92 Å². The topological polar surface area (TPSA) is 81.5 Å². The number of hydrogen-bond acceptors (Lipinski definition) is 6. The molecule has 0 aromatic heterocycles. The quantitative estimate of drug-likeness (QED) is 0.148. The Morgan fingerprint density at radius 2 is 1.89 bits per heavy atom. The monoisotopic (exact) mass is 562 g/mol. The molecular formula is C26H21Cl3N2O4S. The zero-order valence-corrected chi connectivity index (χ0v) is 22.1. The number of nitro benzene ring substituents is 1. The van der Waals surface area contributed by atoms with Gasteiger partial charge in [-0.1, -0.05) is 53.5 Å². The molecule has 3 aromatic rings. The van der Waals surface area contributed by atoms with E-state index < -0.39 is 5.97 Å². The summed E-state index contributed by atoms with van der Waals surface area (Å²) in [6.45, 7) is 0. The first-order valence-electron chi connectivity index (χ1n) is 11.3. The number of carbonyl (C=O) groups excluding carboxylic acids is 1. The summed E-state index contributed by atoms with van der Waals surface area (Å²) in [6.07, 6.45) is 0.689. The van der Waals surface area contributed by atoms with Gasteiger partial charge in [0.2, 0.25) is 0 Å². The van der Waals surface area contributed by atoms with Crippen LogP contribution in [-0.4, -0.2) is 28.6 Å². The Bertz CT molecular complexity index is 1350. The van der Waals surface area contributed by atoms with Gasteiger partial charge in [-0.2, -0.15) is 0 Å². The van der Waals surface area contributed by atoms with E-state index in [1.165, 1.54) is 24.9 Å². The summed E-state index contributed by atoms with van der Waals surface area (Å²) in [6, 6.07) is 17.3. The van der Waals surface area contributed by atoms with Crippen LogP contribution >= 0.6 is 46.6 Å². The second-order valence-electron chi connectivity index (χ2n) is 8.80. The third kappa shape index (κ3) is 4.43. The number of fused-ring (bicyclic) bond motifs is 3. The van der Waals surface area contributed by atoms with Crippen molar-refractivity contribution in [3.8, 4) is 0 Å². The van der Waals surface area contributed by atoms with Crippen molar-refractivity contribution in [2.75, 3.05) is 12.4 Å². The minimum absolute atomic E-state index is 0.0202. The number of ether oxygens (including phenoxy) is 1. The summed E-state index contributed by atoms with van der Waals surface area (Å²) >= 11 is 21.4. The number of benzene rings is 3. The lowest BCUT2D eigenvalue weighted by Gasteiger charge is -2.39. The van der Waals surface area contributed by atoms with Crippen LogP contribution in [0, 0.1) is 16.0 Å². The van der Waals surface area contributed by atoms with Crippen molar-refractivity contribution in [1.29, 1.82) is 0 Å². The smallest absolute Gasteiger partial charge is 0.339 e. The maximum absolute atomic E-state index is 12.6. The summed E-state index contributed by atoms with van der Waals surface area (Å²) in [5.74, 6) is -0.551. The van der Waals surface area contributed by atoms with E-state index in [0.29, 0.717) is 32.6 Å². The van der Waals surface area contributed by atoms with E-state index in [1.54, 1.807) is 36.4 Å². The van der Waals surface area contributed by atoms with Gasteiger partial charge in [0.15, 0.2) is 0 Å². The number of methoxy groups -OCH3 is 1. The van der Waals surface area contributed by atoms with Crippen molar-refractivity contribution in [3.63, 3.8) is 0 Å². The molecule has 5 atom stereocenters. The first-order chi connectivity index (χ1) is 17.3. The number of thioether (sulfide) groups is 1. The van der Waals surface area contributed by atoms with Gasteiger partial charge in [0.1, 0.15) is 0 Å². The lowest BCUT2D eigenvalue weighted by atomic mass is 9.76. The summed E-state index contributed by atoms with van der Waals surface area (Å²) in [4.78, 5) is 24.4. The Morgan fingerprint density at radius 3 is 2.61 bits per heavy atom. The number of nitrogens with zero attached hydrogens (tertiary/aromatic N) is 1. The van der Waals surface area contributed by atoms with E-state index in [4.69, 9.17) is 39.5 Å². The molecule has 0 unspecified atom stereocenters. The Labute approximate surface area is 227 Å². The average Bonchev–Trinajstić information content (AvgIpc) is 3.19. The number of esters is 1. The molecule has 0 radical (unpaired) electrons. The molecule has 1 saturated carbocycles. The van der Waals surface area contributed by atoms with Crippen LogP contribution < -0.4 is 5.32 Å². The minimum Gasteiger partial charge on any atom is -0.465 e. The van der Waals surface area contributed by atoms with Gasteiger partial charge in [-0.25, -0.2) is 4.79 Å². The van der Waals surface area contributed by atoms with Gasteiger partial charge in [-0.15, -0.1) is 23.4 Å². The lowest BCUT2D eigenvalue weighted by Crippen LogP contribution is -2.32. The highest BCUT2D eigenvalue weighted by Crippen LogP contribution is 2.59. The second kappa shape index (κ2) is 10.1. The van der Waals surface area contributed by atoms with E-state index >= 15 is 0 Å². The predicted octanol–water partition coefficient (Wildman–Crippen LogP) is 7.73. The Hall–Kier alpha value is -2.45. The molecule has 0 spiro atoms. The Kier molecular flexibility index (Phi) is 7.10. The largest absolute Gasteiger partial charge is 0.465 e. The minimum atomic E-state index is -0.450. The second-order valence-corrected chi connectivity index (χ2v) is 11.4. The number of anilines is 1. The third-order valence-corrected chi connectivity index (χ3v) is 9.57. The van der Waals surface area contributed by atoms with Gasteiger partial charge in [0.05, 0.1) is 39.6 Å². The van der Waals surface area contributed by atoms with Crippen LogP contribution in [0.3, 0.4) is 0 Å². The molecule has 1 N–H and O–H groups in total. The molecule has 186 valence electrons. The Balaban J connectivity index is 1.60. The van der Waals surface area contributed by atoms with E-state index in [1.807, 2.05) is 18.2 Å². The zero-order valence-electron chi connectivity index (χ0n) is 19.0. The molecule has 10 heteroatoms. The van der Waals surface area contributed by atoms with Crippen LogP contribution in [0.4, 0.5) is 11.4 Å². The highest BCUT2D eigenvalue weighted by atomic mass is 35.5. The van der Waals surface area contributed by atoms with Crippen LogP contribution in [0.5, 0.6) is 0 Å². The van der Waals surface area contributed by atoms with Crippen LogP contribution in [0.15, 0.2) is 65.6 Å². The van der Waals surface area contributed by atoms with Crippen molar-refractivity contribution in [1.82, 2.24) is 0 Å². The average molecular weight is 564 g/mol. The molecule has 36 heavy (non-hydrogen) atoms. The summed E-state index contributed by atoms with van der Waals surface area (Å²) < 4.78 is 5.03. The molecule has 0 saturated heterocycles. The van der Waals surface area contributed by atoms with E-state index in [9.17, 15) is 14.9 Å². The van der Waals surface area contributed by atoms with E-state index in [2.05, 4.69) is 5.32 Å². The molecule has 0 amide bonds. The van der Waals surface area contributed by atoms with Crippen LogP contribution in [0.2, 0.25) is 10.0 Å². The molecule has 1 fully saturated rings. The highest BCUT2D eigenvalue weighted by Gasteiger charge is 2.51. The number of hydrogen-bond donors (Lipinski definition) is 1. The molecule has 0 bridgehead atoms. The van der Waals surface area contributed by atoms with E-state index in [-0.39, 0.29) is 39.1 Å². The standard InChI is InChI=1S/C26H21Cl3N2O4S/c1-35-26(32)16-6-4-5-15-22-17(24(30-25(15)16)14-10-9-13(27)11-18(14)28)12-21(23(22)29)36-20-8-3-2-7-19(20)31(33)34/h2-11,17,21-24,30H,12H2,1H3/t17-,21+,22-,23-,24-/m1/s1. The lowest BCUT2D eigenvalue weighted by molar-refractivity contribution is -0.387. The SMILES string of the molecule is COC(=O)c1cccc2c1N[C@H](c1ccc(Cl)cc1Cl)[C@@H]1C[C@H](Sc3ccccc3[N+](=O)[O-])[C@@H](Cl)[C@H]21. The zero-order chi connectivity index (χ0) is 25.6. The normalized spacial score (nSPS) is 24.4. The van der Waals surface area contributed by atoms with Gasteiger partial charge >= 0.3 is 5.97 Å². The maximum atomic E-state index is 12.6. The van der Waals surface area contributed by atoms with Gasteiger partial charge in [0.25, 0.3) is 5.69 Å². The van der Waals surface area contributed by atoms with Crippen molar-refractivity contribution in [3.05, 3.63) is 97.5 Å². The number of nitro groups is 1. The first-order valence-corrected chi connectivity index (χ1v) is 13.3. The molecule has 3 aromatic carbocycles. The van der Waals surface area contributed by atoms with Crippen molar-refractivity contribution in [2.45, 2.75) is 33.9 Å². The van der Waals surface area contributed by atoms with Crippen LogP contribution in [-0.2, 0) is 4.74 Å².